The fourth-order valence-electron chi connectivity index (χ4n) is 3.43. The second kappa shape index (κ2) is 8.23. The second-order valence-electron chi connectivity index (χ2n) is 6.64. The Morgan fingerprint density at radius 3 is 2.58 bits per heavy atom. The Labute approximate surface area is 119 Å². The highest BCUT2D eigenvalue weighted by Gasteiger charge is 2.19. The normalized spacial score (nSPS) is 25.6. The van der Waals surface area contributed by atoms with E-state index in [2.05, 4.69) is 29.0 Å². The highest BCUT2D eigenvalue weighted by molar-refractivity contribution is 4.78. The van der Waals surface area contributed by atoms with E-state index < -0.39 is 0 Å². The molecule has 2 saturated heterocycles. The molecular weight excluding hydrogens is 234 g/mol. The number of rotatable bonds is 7. The molecule has 0 aliphatic carbocycles. The predicted molar refractivity (Wildman–Crippen MR) is 82.6 cm³/mol. The van der Waals surface area contributed by atoms with Crippen LogP contribution in [0.3, 0.4) is 0 Å². The molecule has 0 bridgehead atoms. The second-order valence-corrected chi connectivity index (χ2v) is 6.64. The van der Waals surface area contributed by atoms with Crippen LogP contribution in [0.25, 0.3) is 0 Å². The maximum atomic E-state index is 3.68. The molecular formula is C16H33N3. The number of hydrogen-bond donors (Lipinski definition) is 1. The van der Waals surface area contributed by atoms with Gasteiger partial charge >= 0.3 is 0 Å². The van der Waals surface area contributed by atoms with Crippen LogP contribution in [-0.2, 0) is 0 Å². The molecule has 0 saturated carbocycles. The zero-order valence-electron chi connectivity index (χ0n) is 13.0. The Morgan fingerprint density at radius 2 is 1.95 bits per heavy atom. The Kier molecular flexibility index (Phi) is 6.62. The fraction of sp³-hybridized carbons (Fsp3) is 1.00. The van der Waals surface area contributed by atoms with Gasteiger partial charge in [-0.3, -0.25) is 4.90 Å². The highest BCUT2D eigenvalue weighted by Crippen LogP contribution is 2.12. The number of nitrogens with one attached hydrogen (secondary N) is 1. The maximum Gasteiger partial charge on any atom is 0.0195 e. The molecule has 19 heavy (non-hydrogen) atoms. The van der Waals surface area contributed by atoms with Crippen LogP contribution in [0.5, 0.6) is 0 Å². The molecule has 2 rings (SSSR count). The Bertz CT molecular complexity index is 230. The van der Waals surface area contributed by atoms with Gasteiger partial charge in [-0.1, -0.05) is 6.42 Å². The topological polar surface area (TPSA) is 18.5 Å². The number of hydrogen-bond acceptors (Lipinski definition) is 3. The van der Waals surface area contributed by atoms with Gasteiger partial charge in [-0.25, -0.2) is 0 Å². The van der Waals surface area contributed by atoms with E-state index in [1.807, 2.05) is 0 Å². The average molecular weight is 267 g/mol. The molecule has 112 valence electrons. The molecule has 2 fully saturated rings. The van der Waals surface area contributed by atoms with E-state index in [4.69, 9.17) is 0 Å². The third-order valence-electron chi connectivity index (χ3n) is 4.72. The van der Waals surface area contributed by atoms with Gasteiger partial charge < -0.3 is 10.2 Å². The molecule has 0 aromatic rings. The van der Waals surface area contributed by atoms with Crippen LogP contribution < -0.4 is 5.32 Å². The van der Waals surface area contributed by atoms with Gasteiger partial charge in [0.05, 0.1) is 0 Å². The van der Waals surface area contributed by atoms with E-state index >= 15 is 0 Å². The molecule has 2 aliphatic heterocycles. The van der Waals surface area contributed by atoms with Crippen molar-refractivity contribution in [2.24, 2.45) is 0 Å². The van der Waals surface area contributed by atoms with Crippen LogP contribution >= 0.6 is 0 Å². The lowest BCUT2D eigenvalue weighted by Crippen LogP contribution is -2.46. The predicted octanol–water partition coefficient (Wildman–Crippen LogP) is 2.32. The van der Waals surface area contributed by atoms with Gasteiger partial charge in [-0.15, -0.1) is 0 Å². The summed E-state index contributed by atoms with van der Waals surface area (Å²) in [7, 11) is 0. The Morgan fingerprint density at radius 1 is 1.16 bits per heavy atom. The van der Waals surface area contributed by atoms with Crippen molar-refractivity contribution >= 4 is 0 Å². The molecule has 1 atom stereocenters. The third kappa shape index (κ3) is 5.41. The van der Waals surface area contributed by atoms with Crippen LogP contribution in [0.15, 0.2) is 0 Å². The smallest absolute Gasteiger partial charge is 0.0195 e. The van der Waals surface area contributed by atoms with E-state index in [1.54, 1.807) is 0 Å². The minimum Gasteiger partial charge on any atom is -0.313 e. The first kappa shape index (κ1) is 15.3. The zero-order chi connectivity index (χ0) is 13.5. The molecule has 1 unspecified atom stereocenters. The summed E-state index contributed by atoms with van der Waals surface area (Å²) in [6, 6.07) is 1.42. The highest BCUT2D eigenvalue weighted by atomic mass is 15.2. The molecule has 0 spiro atoms. The first-order valence-electron chi connectivity index (χ1n) is 8.45. The summed E-state index contributed by atoms with van der Waals surface area (Å²) in [6.07, 6.45) is 8.32. The molecule has 0 aromatic carbocycles. The number of piperidine rings is 1. The van der Waals surface area contributed by atoms with Gasteiger partial charge in [0.2, 0.25) is 0 Å². The summed E-state index contributed by atoms with van der Waals surface area (Å²) in [5, 5.41) is 3.68. The largest absolute Gasteiger partial charge is 0.313 e. The van der Waals surface area contributed by atoms with Crippen molar-refractivity contribution < 1.29 is 0 Å². The van der Waals surface area contributed by atoms with Crippen LogP contribution in [0.4, 0.5) is 0 Å². The lowest BCUT2D eigenvalue weighted by Gasteiger charge is -2.33. The minimum absolute atomic E-state index is 0.683. The van der Waals surface area contributed by atoms with Crippen LogP contribution in [-0.4, -0.2) is 61.2 Å². The first-order chi connectivity index (χ1) is 9.25. The summed E-state index contributed by atoms with van der Waals surface area (Å²) < 4.78 is 0. The van der Waals surface area contributed by atoms with Gasteiger partial charge in [-0.2, -0.15) is 0 Å². The number of nitrogens with zero attached hydrogens (tertiary/aromatic N) is 2. The third-order valence-corrected chi connectivity index (χ3v) is 4.72. The molecule has 3 heteroatoms. The minimum atomic E-state index is 0.683. The van der Waals surface area contributed by atoms with Crippen molar-refractivity contribution in [3.8, 4) is 0 Å². The molecule has 2 aliphatic rings. The molecule has 0 aromatic heterocycles. The van der Waals surface area contributed by atoms with Crippen molar-refractivity contribution in [3.63, 3.8) is 0 Å². The van der Waals surface area contributed by atoms with Gasteiger partial charge in [0.15, 0.2) is 0 Å². The fourth-order valence-corrected chi connectivity index (χ4v) is 3.43. The molecule has 2 heterocycles. The van der Waals surface area contributed by atoms with E-state index in [1.165, 1.54) is 77.8 Å². The molecule has 0 radical (unpaired) electrons. The van der Waals surface area contributed by atoms with Crippen LogP contribution in [0.1, 0.15) is 52.4 Å². The van der Waals surface area contributed by atoms with E-state index in [9.17, 15) is 0 Å². The van der Waals surface area contributed by atoms with Gasteiger partial charge in [0.1, 0.15) is 0 Å². The van der Waals surface area contributed by atoms with E-state index in [0.29, 0.717) is 6.04 Å². The first-order valence-corrected chi connectivity index (χ1v) is 8.45. The average Bonchev–Trinajstić information content (AvgIpc) is 2.92. The van der Waals surface area contributed by atoms with Crippen molar-refractivity contribution in [1.29, 1.82) is 0 Å². The monoisotopic (exact) mass is 267 g/mol. The summed E-state index contributed by atoms with van der Waals surface area (Å²) in [5.74, 6) is 0. The standard InChI is InChI=1S/C16H33N3/c1-15(2)19(14-16-8-3-4-9-17-16)13-7-12-18-10-5-6-11-18/h15-17H,3-14H2,1-2H3. The summed E-state index contributed by atoms with van der Waals surface area (Å²) in [6.45, 7) is 12.4. The Balaban J connectivity index is 1.66. The summed E-state index contributed by atoms with van der Waals surface area (Å²) in [5.41, 5.74) is 0. The van der Waals surface area contributed by atoms with E-state index in [-0.39, 0.29) is 0 Å². The van der Waals surface area contributed by atoms with Crippen molar-refractivity contribution in [2.75, 3.05) is 39.3 Å². The van der Waals surface area contributed by atoms with Crippen molar-refractivity contribution in [1.82, 2.24) is 15.1 Å². The Hall–Kier alpha value is -0.120. The molecule has 3 nitrogen and oxygen atoms in total. The maximum absolute atomic E-state index is 3.68. The lowest BCUT2D eigenvalue weighted by molar-refractivity contribution is 0.174. The summed E-state index contributed by atoms with van der Waals surface area (Å²) >= 11 is 0. The zero-order valence-corrected chi connectivity index (χ0v) is 13.0. The van der Waals surface area contributed by atoms with Crippen molar-refractivity contribution in [3.05, 3.63) is 0 Å². The van der Waals surface area contributed by atoms with Gasteiger partial charge in [-0.05, 0) is 78.7 Å². The van der Waals surface area contributed by atoms with Gasteiger partial charge in [0, 0.05) is 18.6 Å². The van der Waals surface area contributed by atoms with Crippen molar-refractivity contribution in [2.45, 2.75) is 64.5 Å². The lowest BCUT2D eigenvalue weighted by atomic mass is 10.0. The molecule has 1 N–H and O–H groups in total. The van der Waals surface area contributed by atoms with Crippen LogP contribution in [0.2, 0.25) is 0 Å². The van der Waals surface area contributed by atoms with Gasteiger partial charge in [0.25, 0.3) is 0 Å². The molecule has 0 amide bonds. The van der Waals surface area contributed by atoms with E-state index in [0.717, 1.165) is 6.04 Å². The van der Waals surface area contributed by atoms with Crippen LogP contribution in [0, 0.1) is 0 Å². The number of likely N-dealkylation sites (tertiary alicyclic amines) is 1. The summed E-state index contributed by atoms with van der Waals surface area (Å²) in [4.78, 5) is 5.32. The quantitative estimate of drug-likeness (QED) is 0.764. The SMILES string of the molecule is CC(C)N(CCCN1CCCC1)CC1CCCCN1.